The van der Waals surface area contributed by atoms with Crippen LogP contribution in [0.1, 0.15) is 12.8 Å². The number of nitrogens with zero attached hydrogens (tertiary/aromatic N) is 1. The van der Waals surface area contributed by atoms with Crippen LogP contribution in [0, 0.1) is 0 Å². The number of likely N-dealkylation sites (tertiary alicyclic amines) is 1. The molecule has 1 saturated heterocycles. The Labute approximate surface area is 82.0 Å². The fourth-order valence-electron chi connectivity index (χ4n) is 1.46. The fourth-order valence-corrected chi connectivity index (χ4v) is 1.46. The third kappa shape index (κ3) is 1.77. The number of carbonyl (C=O) groups excluding carboxylic acids is 2. The molecule has 1 unspecified atom stereocenters. The van der Waals surface area contributed by atoms with Crippen molar-refractivity contribution in [2.75, 3.05) is 13.7 Å². The Morgan fingerprint density at radius 3 is 2.71 bits per heavy atom. The average Bonchev–Trinajstić information content (AvgIpc) is 2.50. The van der Waals surface area contributed by atoms with E-state index in [1.165, 1.54) is 12.0 Å². The van der Waals surface area contributed by atoms with Crippen molar-refractivity contribution in [3.8, 4) is 0 Å². The molecule has 1 atom stereocenters. The molecule has 0 radical (unpaired) electrons. The maximum Gasteiger partial charge on any atom is 0.331 e. The van der Waals surface area contributed by atoms with Crippen molar-refractivity contribution in [1.82, 2.24) is 4.90 Å². The summed E-state index contributed by atoms with van der Waals surface area (Å²) in [5.41, 5.74) is 0.555. The second kappa shape index (κ2) is 4.23. The monoisotopic (exact) mass is 199 g/mol. The van der Waals surface area contributed by atoms with Gasteiger partial charge < -0.3 is 14.7 Å². The molecule has 1 N–H and O–H groups in total. The average molecular weight is 199 g/mol. The Kier molecular flexibility index (Phi) is 3.24. The molecule has 5 nitrogen and oxygen atoms in total. The summed E-state index contributed by atoms with van der Waals surface area (Å²) < 4.78 is 4.48. The third-order valence-corrected chi connectivity index (χ3v) is 2.19. The fraction of sp³-hybridized carbons (Fsp3) is 0.556. The number of allylic oxidation sites excluding steroid dienone is 1. The van der Waals surface area contributed by atoms with E-state index in [1.807, 2.05) is 0 Å². The number of rotatable bonds is 3. The molecular weight excluding hydrogens is 186 g/mol. The first kappa shape index (κ1) is 10.7. The predicted octanol–water partition coefficient (Wildman–Crippen LogP) is -0.344. The molecule has 1 aliphatic heterocycles. The zero-order valence-electron chi connectivity index (χ0n) is 8.02. The van der Waals surface area contributed by atoms with Crippen LogP contribution in [0.25, 0.3) is 0 Å². The van der Waals surface area contributed by atoms with Crippen LogP contribution in [0.4, 0.5) is 0 Å². The number of amides is 1. The number of methoxy groups -OCH3 is 1. The molecule has 1 rings (SSSR count). The van der Waals surface area contributed by atoms with Crippen LogP contribution in [0.15, 0.2) is 12.3 Å². The first-order valence-corrected chi connectivity index (χ1v) is 4.30. The van der Waals surface area contributed by atoms with Gasteiger partial charge in [-0.3, -0.25) is 4.79 Å². The molecule has 0 aromatic heterocycles. The van der Waals surface area contributed by atoms with E-state index in [0.717, 1.165) is 0 Å². The Morgan fingerprint density at radius 1 is 1.71 bits per heavy atom. The number of carbonyl (C=O) groups is 2. The molecule has 14 heavy (non-hydrogen) atoms. The van der Waals surface area contributed by atoms with Crippen LogP contribution >= 0.6 is 0 Å². The van der Waals surface area contributed by atoms with Gasteiger partial charge in [0.2, 0.25) is 5.91 Å². The number of aliphatic hydroxyl groups is 1. The van der Waals surface area contributed by atoms with Crippen LogP contribution in [-0.4, -0.2) is 41.6 Å². The summed E-state index contributed by atoms with van der Waals surface area (Å²) in [6.07, 6.45) is 0.874. The van der Waals surface area contributed by atoms with E-state index in [0.29, 0.717) is 18.5 Å². The highest BCUT2D eigenvalue weighted by Gasteiger charge is 2.35. The van der Waals surface area contributed by atoms with E-state index in [1.54, 1.807) is 0 Å². The predicted molar refractivity (Wildman–Crippen MR) is 48.1 cm³/mol. The number of esters is 1. The second-order valence-electron chi connectivity index (χ2n) is 3.05. The lowest BCUT2D eigenvalue weighted by Gasteiger charge is -2.24. The van der Waals surface area contributed by atoms with Crippen LogP contribution in [-0.2, 0) is 14.3 Å². The van der Waals surface area contributed by atoms with E-state index in [2.05, 4.69) is 11.3 Å². The van der Waals surface area contributed by atoms with Crippen molar-refractivity contribution in [2.45, 2.75) is 18.9 Å². The van der Waals surface area contributed by atoms with Gasteiger partial charge in [-0.25, -0.2) is 4.79 Å². The Morgan fingerprint density at radius 2 is 2.36 bits per heavy atom. The standard InChI is InChI=1S/C9H13NO4/c1-6-3-4-8(12)10(6)7(5-11)9(13)14-2/h7,11H,1,3-5H2,2H3. The largest absolute Gasteiger partial charge is 0.467 e. The molecule has 0 aromatic rings. The maximum absolute atomic E-state index is 11.4. The topological polar surface area (TPSA) is 66.8 Å². The van der Waals surface area contributed by atoms with Crippen LogP contribution in [0.2, 0.25) is 0 Å². The van der Waals surface area contributed by atoms with Gasteiger partial charge in [-0.1, -0.05) is 6.58 Å². The van der Waals surface area contributed by atoms with E-state index in [9.17, 15) is 9.59 Å². The number of aliphatic hydroxyl groups excluding tert-OH is 1. The molecule has 0 bridgehead atoms. The molecular formula is C9H13NO4. The minimum Gasteiger partial charge on any atom is -0.467 e. The number of hydrogen-bond acceptors (Lipinski definition) is 4. The highest BCUT2D eigenvalue weighted by molar-refractivity contribution is 5.88. The third-order valence-electron chi connectivity index (χ3n) is 2.19. The molecule has 0 aromatic carbocycles. The van der Waals surface area contributed by atoms with Gasteiger partial charge in [-0.05, 0) is 6.42 Å². The summed E-state index contributed by atoms with van der Waals surface area (Å²) in [7, 11) is 1.22. The molecule has 0 spiro atoms. The molecule has 1 fully saturated rings. The molecule has 78 valence electrons. The maximum atomic E-state index is 11.4. The van der Waals surface area contributed by atoms with Crippen molar-refractivity contribution in [3.63, 3.8) is 0 Å². The van der Waals surface area contributed by atoms with E-state index < -0.39 is 18.6 Å². The second-order valence-corrected chi connectivity index (χ2v) is 3.05. The highest BCUT2D eigenvalue weighted by atomic mass is 16.5. The number of ether oxygens (including phenoxy) is 1. The Bertz CT molecular complexity index is 258. The summed E-state index contributed by atoms with van der Waals surface area (Å²) in [5.74, 6) is -0.816. The zero-order chi connectivity index (χ0) is 10.7. The molecule has 1 amide bonds. The van der Waals surface area contributed by atoms with Crippen LogP contribution in [0.5, 0.6) is 0 Å². The van der Waals surface area contributed by atoms with Crippen molar-refractivity contribution in [2.24, 2.45) is 0 Å². The SMILES string of the molecule is C=C1CCC(=O)N1C(CO)C(=O)OC. The Hall–Kier alpha value is -1.36. The quantitative estimate of drug-likeness (QED) is 0.631. The van der Waals surface area contributed by atoms with Gasteiger partial charge >= 0.3 is 5.97 Å². The van der Waals surface area contributed by atoms with E-state index >= 15 is 0 Å². The summed E-state index contributed by atoms with van der Waals surface area (Å²) in [4.78, 5) is 23.8. The molecule has 1 heterocycles. The van der Waals surface area contributed by atoms with Gasteiger partial charge in [0, 0.05) is 12.1 Å². The van der Waals surface area contributed by atoms with Crippen molar-refractivity contribution >= 4 is 11.9 Å². The molecule has 5 heteroatoms. The lowest BCUT2D eigenvalue weighted by Crippen LogP contribution is -2.44. The minimum absolute atomic E-state index is 0.195. The first-order valence-electron chi connectivity index (χ1n) is 4.30. The van der Waals surface area contributed by atoms with Crippen molar-refractivity contribution in [1.29, 1.82) is 0 Å². The van der Waals surface area contributed by atoms with Crippen LogP contribution in [0.3, 0.4) is 0 Å². The van der Waals surface area contributed by atoms with Gasteiger partial charge in [0.15, 0.2) is 6.04 Å². The van der Waals surface area contributed by atoms with Gasteiger partial charge in [-0.15, -0.1) is 0 Å². The van der Waals surface area contributed by atoms with Gasteiger partial charge in [0.25, 0.3) is 0 Å². The normalized spacial score (nSPS) is 18.6. The van der Waals surface area contributed by atoms with Crippen LogP contribution < -0.4 is 0 Å². The van der Waals surface area contributed by atoms with Gasteiger partial charge in [0.05, 0.1) is 13.7 Å². The number of hydrogen-bond donors (Lipinski definition) is 1. The summed E-state index contributed by atoms with van der Waals surface area (Å²) >= 11 is 0. The molecule has 1 aliphatic rings. The lowest BCUT2D eigenvalue weighted by atomic mass is 10.2. The van der Waals surface area contributed by atoms with Crippen molar-refractivity contribution in [3.05, 3.63) is 12.3 Å². The molecule has 0 saturated carbocycles. The highest BCUT2D eigenvalue weighted by Crippen LogP contribution is 2.23. The smallest absolute Gasteiger partial charge is 0.331 e. The van der Waals surface area contributed by atoms with E-state index in [-0.39, 0.29) is 5.91 Å². The molecule has 0 aliphatic carbocycles. The minimum atomic E-state index is -0.942. The zero-order valence-corrected chi connectivity index (χ0v) is 8.02. The summed E-state index contributed by atoms with van der Waals surface area (Å²) in [6, 6.07) is -0.942. The first-order chi connectivity index (χ1) is 6.61. The van der Waals surface area contributed by atoms with E-state index in [4.69, 9.17) is 5.11 Å². The lowest BCUT2D eigenvalue weighted by molar-refractivity contribution is -0.151. The Balaban J connectivity index is 2.82. The van der Waals surface area contributed by atoms with Gasteiger partial charge in [0.1, 0.15) is 0 Å². The summed E-state index contributed by atoms with van der Waals surface area (Å²) in [5, 5.41) is 8.99. The summed E-state index contributed by atoms with van der Waals surface area (Å²) in [6.45, 7) is 3.21. The van der Waals surface area contributed by atoms with Gasteiger partial charge in [-0.2, -0.15) is 0 Å². The van der Waals surface area contributed by atoms with Crippen molar-refractivity contribution < 1.29 is 19.4 Å².